The molecular weight excluding hydrogens is 212 g/mol. The van der Waals surface area contributed by atoms with Gasteiger partial charge in [0.2, 0.25) is 0 Å². The fourth-order valence-electron chi connectivity index (χ4n) is 2.15. The Morgan fingerprint density at radius 3 is 2.35 bits per heavy atom. The molecule has 17 heavy (non-hydrogen) atoms. The Balaban J connectivity index is 1.90. The zero-order valence-corrected chi connectivity index (χ0v) is 10.7. The first kappa shape index (κ1) is 12.4. The standard InChI is InChI=1S/C14H22N2O/c1-11(15)12-3-5-13(6-4-12)17-14-7-9-16(2)10-8-14/h3-6,11,14H,7-10,15H2,1-2H3/t11-/m0/s1. The normalized spacial score (nSPS) is 20.2. The molecule has 0 saturated carbocycles. The molecule has 0 unspecified atom stereocenters. The molecule has 0 spiro atoms. The molecule has 3 heteroatoms. The maximum absolute atomic E-state index is 5.97. The second-order valence-corrected chi connectivity index (χ2v) is 4.98. The van der Waals surface area contributed by atoms with Crippen LogP contribution in [0.5, 0.6) is 5.75 Å². The average molecular weight is 234 g/mol. The lowest BCUT2D eigenvalue weighted by Gasteiger charge is -2.29. The summed E-state index contributed by atoms with van der Waals surface area (Å²) in [6.07, 6.45) is 2.60. The maximum atomic E-state index is 5.97. The van der Waals surface area contributed by atoms with Gasteiger partial charge in [-0.15, -0.1) is 0 Å². The van der Waals surface area contributed by atoms with Gasteiger partial charge in [0.1, 0.15) is 11.9 Å². The minimum Gasteiger partial charge on any atom is -0.490 e. The van der Waals surface area contributed by atoms with Crippen molar-refractivity contribution in [2.24, 2.45) is 5.73 Å². The van der Waals surface area contributed by atoms with Crippen LogP contribution in [0.2, 0.25) is 0 Å². The summed E-state index contributed by atoms with van der Waals surface area (Å²) in [6.45, 7) is 4.25. The molecular formula is C14H22N2O. The van der Waals surface area contributed by atoms with Gasteiger partial charge in [0, 0.05) is 19.1 Å². The zero-order valence-electron chi connectivity index (χ0n) is 10.7. The van der Waals surface area contributed by atoms with E-state index in [4.69, 9.17) is 10.5 Å². The van der Waals surface area contributed by atoms with Gasteiger partial charge in [-0.3, -0.25) is 0 Å². The van der Waals surface area contributed by atoms with Crippen LogP contribution < -0.4 is 10.5 Å². The molecule has 2 rings (SSSR count). The predicted octanol–water partition coefficient (Wildman–Crippen LogP) is 2.18. The van der Waals surface area contributed by atoms with Crippen molar-refractivity contribution in [3.8, 4) is 5.75 Å². The van der Waals surface area contributed by atoms with E-state index < -0.39 is 0 Å². The highest BCUT2D eigenvalue weighted by Crippen LogP contribution is 2.20. The highest BCUT2D eigenvalue weighted by atomic mass is 16.5. The third-order valence-corrected chi connectivity index (χ3v) is 3.37. The molecule has 1 aromatic rings. The van der Waals surface area contributed by atoms with Crippen LogP contribution in [0.15, 0.2) is 24.3 Å². The lowest BCUT2D eigenvalue weighted by molar-refractivity contribution is 0.114. The van der Waals surface area contributed by atoms with Gasteiger partial charge < -0.3 is 15.4 Å². The second kappa shape index (κ2) is 5.52. The van der Waals surface area contributed by atoms with Crippen LogP contribution in [-0.2, 0) is 0 Å². The van der Waals surface area contributed by atoms with Crippen LogP contribution in [-0.4, -0.2) is 31.1 Å². The first-order chi connectivity index (χ1) is 8.15. The average Bonchev–Trinajstić information content (AvgIpc) is 2.33. The number of benzene rings is 1. The largest absolute Gasteiger partial charge is 0.490 e. The van der Waals surface area contributed by atoms with Gasteiger partial charge in [0.25, 0.3) is 0 Å². The Hall–Kier alpha value is -1.06. The van der Waals surface area contributed by atoms with E-state index in [1.54, 1.807) is 0 Å². The number of likely N-dealkylation sites (tertiary alicyclic amines) is 1. The Labute approximate surface area is 104 Å². The van der Waals surface area contributed by atoms with Crippen molar-refractivity contribution in [2.75, 3.05) is 20.1 Å². The van der Waals surface area contributed by atoms with Crippen molar-refractivity contribution < 1.29 is 4.74 Å². The lowest BCUT2D eigenvalue weighted by Crippen LogP contribution is -2.35. The van der Waals surface area contributed by atoms with Gasteiger partial charge >= 0.3 is 0 Å². The van der Waals surface area contributed by atoms with E-state index in [1.165, 1.54) is 0 Å². The molecule has 1 aliphatic rings. The van der Waals surface area contributed by atoms with E-state index in [0.717, 1.165) is 37.2 Å². The number of rotatable bonds is 3. The summed E-state index contributed by atoms with van der Waals surface area (Å²) < 4.78 is 5.97. The number of hydrogen-bond acceptors (Lipinski definition) is 3. The van der Waals surface area contributed by atoms with Crippen molar-refractivity contribution >= 4 is 0 Å². The summed E-state index contributed by atoms with van der Waals surface area (Å²) in [6, 6.07) is 8.24. The van der Waals surface area contributed by atoms with Gasteiger partial charge in [-0.05, 0) is 44.5 Å². The van der Waals surface area contributed by atoms with Crippen molar-refractivity contribution in [3.63, 3.8) is 0 Å². The first-order valence-electron chi connectivity index (χ1n) is 6.36. The summed E-state index contributed by atoms with van der Waals surface area (Å²) in [7, 11) is 2.16. The fourth-order valence-corrected chi connectivity index (χ4v) is 2.15. The van der Waals surface area contributed by atoms with Crippen molar-refractivity contribution in [2.45, 2.75) is 31.9 Å². The van der Waals surface area contributed by atoms with E-state index in [0.29, 0.717) is 6.10 Å². The van der Waals surface area contributed by atoms with Crippen molar-refractivity contribution in [1.29, 1.82) is 0 Å². The van der Waals surface area contributed by atoms with Crippen LogP contribution in [0, 0.1) is 0 Å². The zero-order chi connectivity index (χ0) is 12.3. The SMILES string of the molecule is C[C@H](N)c1ccc(OC2CCN(C)CC2)cc1. The fraction of sp³-hybridized carbons (Fsp3) is 0.571. The quantitative estimate of drug-likeness (QED) is 0.871. The maximum Gasteiger partial charge on any atom is 0.119 e. The van der Waals surface area contributed by atoms with Crippen LogP contribution in [0.25, 0.3) is 0 Å². The van der Waals surface area contributed by atoms with E-state index in [9.17, 15) is 0 Å². The first-order valence-corrected chi connectivity index (χ1v) is 6.36. The molecule has 1 aromatic carbocycles. The van der Waals surface area contributed by atoms with Crippen LogP contribution in [0.4, 0.5) is 0 Å². The summed E-state index contributed by atoms with van der Waals surface area (Å²) in [5.74, 6) is 0.962. The Kier molecular flexibility index (Phi) is 4.02. The van der Waals surface area contributed by atoms with Gasteiger partial charge in [-0.1, -0.05) is 12.1 Å². The van der Waals surface area contributed by atoms with Gasteiger partial charge in [-0.2, -0.15) is 0 Å². The van der Waals surface area contributed by atoms with Crippen LogP contribution in [0.1, 0.15) is 31.4 Å². The minimum absolute atomic E-state index is 0.0902. The predicted molar refractivity (Wildman–Crippen MR) is 70.2 cm³/mol. The molecule has 0 aliphatic carbocycles. The molecule has 1 heterocycles. The summed E-state index contributed by atoms with van der Waals surface area (Å²) in [5, 5.41) is 0. The van der Waals surface area contributed by atoms with Crippen LogP contribution in [0.3, 0.4) is 0 Å². The minimum atomic E-state index is 0.0902. The second-order valence-electron chi connectivity index (χ2n) is 4.98. The molecule has 3 nitrogen and oxygen atoms in total. The summed E-state index contributed by atoms with van der Waals surface area (Å²) in [4.78, 5) is 2.35. The Morgan fingerprint density at radius 1 is 1.24 bits per heavy atom. The van der Waals surface area contributed by atoms with E-state index in [1.807, 2.05) is 19.1 Å². The smallest absolute Gasteiger partial charge is 0.119 e. The topological polar surface area (TPSA) is 38.5 Å². The lowest BCUT2D eigenvalue weighted by atomic mass is 10.1. The Bertz CT molecular complexity index is 340. The van der Waals surface area contributed by atoms with Gasteiger partial charge in [0.05, 0.1) is 0 Å². The molecule has 1 aliphatic heterocycles. The number of nitrogens with zero attached hydrogens (tertiary/aromatic N) is 1. The van der Waals surface area contributed by atoms with Gasteiger partial charge in [0.15, 0.2) is 0 Å². The number of hydrogen-bond donors (Lipinski definition) is 1. The highest BCUT2D eigenvalue weighted by Gasteiger charge is 2.17. The number of nitrogens with two attached hydrogens (primary N) is 1. The summed E-state index contributed by atoms with van der Waals surface area (Å²) in [5.41, 5.74) is 6.97. The van der Waals surface area contributed by atoms with Crippen molar-refractivity contribution in [3.05, 3.63) is 29.8 Å². The molecule has 1 saturated heterocycles. The number of piperidine rings is 1. The molecule has 0 aromatic heterocycles. The van der Waals surface area contributed by atoms with E-state index in [2.05, 4.69) is 24.1 Å². The molecule has 0 amide bonds. The van der Waals surface area contributed by atoms with Gasteiger partial charge in [-0.25, -0.2) is 0 Å². The van der Waals surface area contributed by atoms with Crippen LogP contribution >= 0.6 is 0 Å². The van der Waals surface area contributed by atoms with E-state index in [-0.39, 0.29) is 6.04 Å². The van der Waals surface area contributed by atoms with E-state index >= 15 is 0 Å². The van der Waals surface area contributed by atoms with Crippen molar-refractivity contribution in [1.82, 2.24) is 4.90 Å². The number of ether oxygens (including phenoxy) is 1. The molecule has 1 atom stereocenters. The Morgan fingerprint density at radius 2 is 1.82 bits per heavy atom. The molecule has 2 N–H and O–H groups in total. The molecule has 0 bridgehead atoms. The highest BCUT2D eigenvalue weighted by molar-refractivity contribution is 5.28. The molecule has 0 radical (unpaired) electrons. The third-order valence-electron chi connectivity index (χ3n) is 3.37. The molecule has 1 fully saturated rings. The third kappa shape index (κ3) is 3.45. The monoisotopic (exact) mass is 234 g/mol. The molecule has 94 valence electrons. The summed E-state index contributed by atoms with van der Waals surface area (Å²) >= 11 is 0.